The fourth-order valence-electron chi connectivity index (χ4n) is 1.99. The zero-order valence-electron chi connectivity index (χ0n) is 10.4. The Hall–Kier alpha value is -1.05. The van der Waals surface area contributed by atoms with Crippen molar-refractivity contribution in [2.45, 2.75) is 23.8 Å². The van der Waals surface area contributed by atoms with Crippen molar-refractivity contribution >= 4 is 25.6 Å². The van der Waals surface area contributed by atoms with E-state index >= 15 is 0 Å². The minimum absolute atomic E-state index is 0.0622. The zero-order valence-corrected chi connectivity index (χ0v) is 12.0. The standard InChI is InChI=1S/C11H15ClN2O4S/c1-14-7-9(19(12,16)17)6-10(14)11(15)13-8-2-4-18-5-3-8/h6-8H,2-5H2,1H3,(H,13,15). The first-order chi connectivity index (χ1) is 8.88. The number of nitrogens with one attached hydrogen (secondary N) is 1. The van der Waals surface area contributed by atoms with Crippen molar-refractivity contribution in [1.29, 1.82) is 0 Å². The van der Waals surface area contributed by atoms with Crippen LogP contribution in [0.5, 0.6) is 0 Å². The molecule has 0 radical (unpaired) electrons. The van der Waals surface area contributed by atoms with Gasteiger partial charge in [0.1, 0.15) is 10.6 Å². The van der Waals surface area contributed by atoms with Gasteiger partial charge < -0.3 is 14.6 Å². The maximum absolute atomic E-state index is 12.1. The van der Waals surface area contributed by atoms with E-state index in [1.807, 2.05) is 0 Å². The Morgan fingerprint density at radius 3 is 2.63 bits per heavy atom. The van der Waals surface area contributed by atoms with Gasteiger partial charge in [-0.25, -0.2) is 8.42 Å². The molecule has 6 nitrogen and oxygen atoms in total. The number of amides is 1. The second kappa shape index (κ2) is 5.52. The van der Waals surface area contributed by atoms with Crippen molar-refractivity contribution in [2.24, 2.45) is 7.05 Å². The molecule has 2 heterocycles. The molecule has 0 saturated carbocycles. The summed E-state index contributed by atoms with van der Waals surface area (Å²) in [4.78, 5) is 12.0. The summed E-state index contributed by atoms with van der Waals surface area (Å²) in [6, 6.07) is 1.34. The number of hydrogen-bond acceptors (Lipinski definition) is 4. The monoisotopic (exact) mass is 306 g/mol. The highest BCUT2D eigenvalue weighted by Crippen LogP contribution is 2.18. The third-order valence-electron chi connectivity index (χ3n) is 3.05. The summed E-state index contributed by atoms with van der Waals surface area (Å²) in [7, 11) is 3.03. The minimum atomic E-state index is -3.82. The first kappa shape index (κ1) is 14.4. The topological polar surface area (TPSA) is 77.4 Å². The number of aryl methyl sites for hydroxylation is 1. The number of rotatable bonds is 3. The van der Waals surface area contributed by atoms with Crippen LogP contribution >= 0.6 is 10.7 Å². The third kappa shape index (κ3) is 3.49. The van der Waals surface area contributed by atoms with Gasteiger partial charge in [0.15, 0.2) is 0 Å². The van der Waals surface area contributed by atoms with Gasteiger partial charge in [-0.1, -0.05) is 0 Å². The molecule has 8 heteroatoms. The van der Waals surface area contributed by atoms with Crippen LogP contribution in [0.4, 0.5) is 0 Å². The molecule has 19 heavy (non-hydrogen) atoms. The summed E-state index contributed by atoms with van der Waals surface area (Å²) in [6.07, 6.45) is 2.84. The number of aromatic nitrogens is 1. The molecule has 1 N–H and O–H groups in total. The van der Waals surface area contributed by atoms with E-state index in [-0.39, 0.29) is 22.5 Å². The lowest BCUT2D eigenvalue weighted by Crippen LogP contribution is -2.39. The predicted molar refractivity (Wildman–Crippen MR) is 69.8 cm³/mol. The Morgan fingerprint density at radius 2 is 2.11 bits per heavy atom. The molecular formula is C11H15ClN2O4S. The summed E-state index contributed by atoms with van der Waals surface area (Å²) in [5.41, 5.74) is 0.269. The van der Waals surface area contributed by atoms with E-state index in [2.05, 4.69) is 5.32 Å². The van der Waals surface area contributed by atoms with Gasteiger partial charge in [-0.3, -0.25) is 4.79 Å². The fraction of sp³-hybridized carbons (Fsp3) is 0.545. The lowest BCUT2D eigenvalue weighted by molar-refractivity contribution is 0.0692. The zero-order chi connectivity index (χ0) is 14.0. The molecule has 106 valence electrons. The number of halogens is 1. The van der Waals surface area contributed by atoms with E-state index in [0.717, 1.165) is 12.8 Å². The largest absolute Gasteiger partial charge is 0.381 e. The summed E-state index contributed by atoms with van der Waals surface area (Å²) in [5, 5.41) is 2.86. The van der Waals surface area contributed by atoms with Gasteiger partial charge in [0, 0.05) is 43.2 Å². The smallest absolute Gasteiger partial charge is 0.268 e. The van der Waals surface area contributed by atoms with Crippen LogP contribution in [0, 0.1) is 0 Å². The Kier molecular flexibility index (Phi) is 4.17. The van der Waals surface area contributed by atoms with Gasteiger partial charge in [0.05, 0.1) is 0 Å². The van der Waals surface area contributed by atoms with Crippen LogP contribution in [-0.2, 0) is 20.8 Å². The van der Waals surface area contributed by atoms with Crippen molar-refractivity contribution in [1.82, 2.24) is 9.88 Å². The first-order valence-corrected chi connectivity index (χ1v) is 8.18. The molecule has 1 fully saturated rings. The molecule has 1 aliphatic heterocycles. The summed E-state index contributed by atoms with van der Waals surface area (Å²) in [5.74, 6) is -0.305. The molecule has 0 atom stereocenters. The second-order valence-electron chi connectivity index (χ2n) is 4.47. The quantitative estimate of drug-likeness (QED) is 0.840. The van der Waals surface area contributed by atoms with Crippen LogP contribution < -0.4 is 5.32 Å². The van der Waals surface area contributed by atoms with Gasteiger partial charge in [0.2, 0.25) is 0 Å². The van der Waals surface area contributed by atoms with Crippen molar-refractivity contribution < 1.29 is 17.9 Å². The number of nitrogens with zero attached hydrogens (tertiary/aromatic N) is 1. The summed E-state index contributed by atoms with van der Waals surface area (Å²) >= 11 is 0. The lowest BCUT2D eigenvalue weighted by atomic mass is 10.1. The molecular weight excluding hydrogens is 292 g/mol. The first-order valence-electron chi connectivity index (χ1n) is 5.87. The summed E-state index contributed by atoms with van der Waals surface area (Å²) in [6.45, 7) is 1.25. The van der Waals surface area contributed by atoms with E-state index in [1.54, 1.807) is 7.05 Å². The highest BCUT2D eigenvalue weighted by atomic mass is 35.7. The number of ether oxygens (including phenoxy) is 1. The van der Waals surface area contributed by atoms with Crippen molar-refractivity contribution in [2.75, 3.05) is 13.2 Å². The second-order valence-corrected chi connectivity index (χ2v) is 7.04. The summed E-state index contributed by atoms with van der Waals surface area (Å²) < 4.78 is 29.1. The van der Waals surface area contributed by atoms with E-state index in [4.69, 9.17) is 15.4 Å². The van der Waals surface area contributed by atoms with Gasteiger partial charge >= 0.3 is 0 Å². The molecule has 0 aliphatic carbocycles. The molecule has 1 saturated heterocycles. The van der Waals surface area contributed by atoms with Gasteiger partial charge in [0.25, 0.3) is 15.0 Å². The number of carbonyl (C=O) groups is 1. The minimum Gasteiger partial charge on any atom is -0.381 e. The van der Waals surface area contributed by atoms with Crippen molar-refractivity contribution in [3.05, 3.63) is 18.0 Å². The highest BCUT2D eigenvalue weighted by molar-refractivity contribution is 8.13. The van der Waals surface area contributed by atoms with E-state index < -0.39 is 9.05 Å². The van der Waals surface area contributed by atoms with Crippen LogP contribution in [0.2, 0.25) is 0 Å². The van der Waals surface area contributed by atoms with E-state index in [0.29, 0.717) is 13.2 Å². The molecule has 1 amide bonds. The molecule has 0 unspecified atom stereocenters. The van der Waals surface area contributed by atoms with Gasteiger partial charge in [-0.2, -0.15) is 0 Å². The van der Waals surface area contributed by atoms with Crippen LogP contribution in [0.25, 0.3) is 0 Å². The predicted octanol–water partition coefficient (Wildman–Crippen LogP) is 0.861. The van der Waals surface area contributed by atoms with E-state index in [9.17, 15) is 13.2 Å². The van der Waals surface area contributed by atoms with Crippen molar-refractivity contribution in [3.8, 4) is 0 Å². The maximum Gasteiger partial charge on any atom is 0.268 e. The molecule has 0 bridgehead atoms. The van der Waals surface area contributed by atoms with Crippen molar-refractivity contribution in [3.63, 3.8) is 0 Å². The fourth-order valence-corrected chi connectivity index (χ4v) is 2.78. The van der Waals surface area contributed by atoms with Crippen LogP contribution in [0.3, 0.4) is 0 Å². The average Bonchev–Trinajstić information content (AvgIpc) is 2.72. The Morgan fingerprint density at radius 1 is 1.47 bits per heavy atom. The number of carbonyl (C=O) groups excluding carboxylic acids is 1. The lowest BCUT2D eigenvalue weighted by Gasteiger charge is -2.23. The molecule has 1 aromatic rings. The Labute approximate surface area is 116 Å². The molecule has 2 rings (SSSR count). The maximum atomic E-state index is 12.1. The van der Waals surface area contributed by atoms with Crippen LogP contribution in [0.15, 0.2) is 17.2 Å². The molecule has 0 spiro atoms. The molecule has 1 aliphatic rings. The number of hydrogen-bond donors (Lipinski definition) is 1. The highest BCUT2D eigenvalue weighted by Gasteiger charge is 2.21. The normalized spacial score (nSPS) is 17.4. The Bertz CT molecular complexity index is 576. The molecule has 1 aromatic heterocycles. The van der Waals surface area contributed by atoms with Gasteiger partial charge in [-0.15, -0.1) is 0 Å². The average molecular weight is 307 g/mol. The Balaban J connectivity index is 2.12. The SMILES string of the molecule is Cn1cc(S(=O)(=O)Cl)cc1C(=O)NC1CCOCC1. The van der Waals surface area contributed by atoms with Crippen LogP contribution in [0.1, 0.15) is 23.3 Å². The molecule has 0 aromatic carbocycles. The van der Waals surface area contributed by atoms with Crippen LogP contribution in [-0.4, -0.2) is 38.1 Å². The third-order valence-corrected chi connectivity index (χ3v) is 4.37. The van der Waals surface area contributed by atoms with E-state index in [1.165, 1.54) is 16.8 Å². The van der Waals surface area contributed by atoms with Gasteiger partial charge in [-0.05, 0) is 18.9 Å².